The Balaban J connectivity index is 2.98. The first-order valence-electron chi connectivity index (χ1n) is 7.21. The van der Waals surface area contributed by atoms with Crippen molar-refractivity contribution in [2.75, 3.05) is 0 Å². The second kappa shape index (κ2) is 7.68. The van der Waals surface area contributed by atoms with E-state index in [1.807, 2.05) is 12.1 Å². The largest absolute Gasteiger partial charge is 0.416 e. The summed E-state index contributed by atoms with van der Waals surface area (Å²) in [5.41, 5.74) is 0.346. The van der Waals surface area contributed by atoms with Gasteiger partial charge in [0.05, 0.1) is 10.5 Å². The summed E-state index contributed by atoms with van der Waals surface area (Å²) < 4.78 is 39.2. The molecule has 23 heavy (non-hydrogen) atoms. The highest BCUT2D eigenvalue weighted by Gasteiger charge is 2.33. The number of thiophene rings is 1. The lowest BCUT2D eigenvalue weighted by Gasteiger charge is -2.13. The topological polar surface area (TPSA) is 12.0 Å². The first kappa shape index (κ1) is 19.3. The first-order valence-corrected chi connectivity index (χ1v) is 8.02. The van der Waals surface area contributed by atoms with Gasteiger partial charge in [-0.3, -0.25) is 0 Å². The molecule has 1 heterocycles. The molecule has 0 saturated carbocycles. The quantitative estimate of drug-likeness (QED) is 0.590. The van der Waals surface area contributed by atoms with Gasteiger partial charge in [-0.2, -0.15) is 13.2 Å². The molecule has 5 heteroatoms. The summed E-state index contributed by atoms with van der Waals surface area (Å²) in [5.74, 6) is 0.410. The van der Waals surface area contributed by atoms with Crippen molar-refractivity contribution in [3.8, 4) is 0 Å². The molecule has 0 atom stereocenters. The Kier molecular flexibility index (Phi) is 6.45. The number of rotatable bonds is 6. The van der Waals surface area contributed by atoms with Crippen LogP contribution in [0.15, 0.2) is 54.3 Å². The molecule has 0 aliphatic carbocycles. The fourth-order valence-electron chi connectivity index (χ4n) is 1.91. The molecule has 0 aliphatic heterocycles. The molecule has 0 aliphatic rings. The highest BCUT2D eigenvalue weighted by Crippen LogP contribution is 2.31. The van der Waals surface area contributed by atoms with Crippen molar-refractivity contribution >= 4 is 17.0 Å². The lowest BCUT2D eigenvalue weighted by Crippen LogP contribution is -2.15. The molecule has 1 rings (SSSR count). The Morgan fingerprint density at radius 2 is 1.87 bits per heavy atom. The van der Waals surface area contributed by atoms with Crippen LogP contribution in [-0.4, -0.2) is 6.18 Å². The van der Waals surface area contributed by atoms with Gasteiger partial charge in [0.2, 0.25) is 0 Å². The molecule has 0 saturated heterocycles. The molecule has 0 fully saturated rings. The molecule has 0 spiro atoms. The van der Waals surface area contributed by atoms with Crippen LogP contribution in [-0.2, 0) is 0 Å². The molecule has 1 aromatic heterocycles. The van der Waals surface area contributed by atoms with Crippen molar-refractivity contribution in [1.29, 1.82) is 0 Å². The van der Waals surface area contributed by atoms with E-state index >= 15 is 0 Å². The number of hydrogen-bond acceptors (Lipinski definition) is 2. The molecule has 0 radical (unpaired) electrons. The van der Waals surface area contributed by atoms with Crippen molar-refractivity contribution in [2.24, 2.45) is 0 Å². The minimum absolute atomic E-state index is 0.0856. The smallest absolute Gasteiger partial charge is 0.358 e. The van der Waals surface area contributed by atoms with Crippen molar-refractivity contribution in [2.45, 2.75) is 39.8 Å². The van der Waals surface area contributed by atoms with Crippen molar-refractivity contribution < 1.29 is 13.2 Å². The molecule has 0 amide bonds. The highest BCUT2D eigenvalue weighted by molar-refractivity contribution is 7.13. The molecular weight excluding hydrogens is 319 g/mol. The molecule has 1 nitrogen and oxygen atoms in total. The van der Waals surface area contributed by atoms with Crippen LogP contribution in [0.1, 0.15) is 43.4 Å². The van der Waals surface area contributed by atoms with Crippen LogP contribution in [0.4, 0.5) is 13.2 Å². The zero-order chi connectivity index (χ0) is 17.8. The summed E-state index contributed by atoms with van der Waals surface area (Å²) in [6, 6.07) is 3.94. The summed E-state index contributed by atoms with van der Waals surface area (Å²) in [7, 11) is 0. The maximum absolute atomic E-state index is 13.1. The lowest BCUT2D eigenvalue weighted by molar-refractivity contribution is -0.0888. The van der Waals surface area contributed by atoms with E-state index in [0.29, 0.717) is 17.3 Å². The van der Waals surface area contributed by atoms with Crippen LogP contribution in [0.5, 0.6) is 0 Å². The fraction of sp³-hybridized carbons (Fsp3) is 0.333. The van der Waals surface area contributed by atoms with Crippen LogP contribution in [0.25, 0.3) is 5.70 Å². The SMILES string of the molecule is C=C/C(C)=C(\C=C(/C)NC(=C)c1ccc(C(C)C)s1)C(F)(F)F. The van der Waals surface area contributed by atoms with E-state index in [1.165, 1.54) is 17.9 Å². The van der Waals surface area contributed by atoms with E-state index < -0.39 is 11.7 Å². The first-order chi connectivity index (χ1) is 10.6. The Morgan fingerprint density at radius 3 is 2.30 bits per heavy atom. The highest BCUT2D eigenvalue weighted by atomic mass is 32.1. The van der Waals surface area contributed by atoms with Gasteiger partial charge in [0.1, 0.15) is 0 Å². The standard InChI is InChI=1S/C18H22F3NS/c1-7-12(4)15(18(19,20)21)10-13(5)22-14(6)17-9-8-16(23-17)11(2)3/h7-11,22H,1,6H2,2-5H3/b13-10+,15-12+. The second-order valence-corrected chi connectivity index (χ2v) is 6.70. The minimum Gasteiger partial charge on any atom is -0.358 e. The summed E-state index contributed by atoms with van der Waals surface area (Å²) in [5, 5.41) is 2.94. The van der Waals surface area contributed by atoms with Crippen LogP contribution >= 0.6 is 11.3 Å². The van der Waals surface area contributed by atoms with E-state index in [0.717, 1.165) is 11.0 Å². The minimum atomic E-state index is -4.42. The van der Waals surface area contributed by atoms with Crippen molar-refractivity contribution in [3.05, 3.63) is 64.0 Å². The summed E-state index contributed by atoms with van der Waals surface area (Å²) >= 11 is 1.59. The Morgan fingerprint density at radius 1 is 1.26 bits per heavy atom. The average molecular weight is 341 g/mol. The number of halogens is 3. The molecule has 1 aromatic rings. The third-order valence-corrected chi connectivity index (χ3v) is 4.68. The van der Waals surface area contributed by atoms with Crippen LogP contribution in [0.2, 0.25) is 0 Å². The molecule has 0 bridgehead atoms. The zero-order valence-corrected chi connectivity index (χ0v) is 14.7. The molecule has 0 unspecified atom stereocenters. The van der Waals surface area contributed by atoms with Gasteiger partial charge >= 0.3 is 6.18 Å². The van der Waals surface area contributed by atoms with Crippen LogP contribution in [0, 0.1) is 0 Å². The number of hydrogen-bond donors (Lipinski definition) is 1. The van der Waals surface area contributed by atoms with Crippen LogP contribution < -0.4 is 5.32 Å². The van der Waals surface area contributed by atoms with Gasteiger partial charge in [-0.25, -0.2) is 0 Å². The number of allylic oxidation sites excluding steroid dienone is 5. The van der Waals surface area contributed by atoms with E-state index in [2.05, 4.69) is 32.3 Å². The van der Waals surface area contributed by atoms with Crippen molar-refractivity contribution in [3.63, 3.8) is 0 Å². The molecule has 0 aromatic carbocycles. The Bertz CT molecular complexity index is 645. The van der Waals surface area contributed by atoms with Gasteiger partial charge in [-0.05, 0) is 43.5 Å². The summed E-state index contributed by atoms with van der Waals surface area (Å²) in [6.07, 6.45) is -2.13. The van der Waals surface area contributed by atoms with Gasteiger partial charge in [0, 0.05) is 16.3 Å². The normalized spacial score (nSPS) is 13.8. The van der Waals surface area contributed by atoms with E-state index in [-0.39, 0.29) is 5.57 Å². The third kappa shape index (κ3) is 5.43. The maximum atomic E-state index is 13.1. The van der Waals surface area contributed by atoms with E-state index in [1.54, 1.807) is 18.3 Å². The Hall–Kier alpha value is -1.75. The monoisotopic (exact) mass is 341 g/mol. The van der Waals surface area contributed by atoms with Gasteiger partial charge in [-0.1, -0.05) is 33.1 Å². The fourth-order valence-corrected chi connectivity index (χ4v) is 2.84. The number of nitrogens with one attached hydrogen (secondary N) is 1. The maximum Gasteiger partial charge on any atom is 0.416 e. The van der Waals surface area contributed by atoms with Crippen molar-refractivity contribution in [1.82, 2.24) is 5.32 Å². The summed E-state index contributed by atoms with van der Waals surface area (Å²) in [6.45, 7) is 14.5. The second-order valence-electron chi connectivity index (χ2n) is 5.59. The van der Waals surface area contributed by atoms with Crippen LogP contribution in [0.3, 0.4) is 0 Å². The molecule has 126 valence electrons. The average Bonchev–Trinajstić information content (AvgIpc) is 2.92. The van der Waals surface area contributed by atoms with E-state index in [9.17, 15) is 13.2 Å². The Labute approximate surface area is 139 Å². The zero-order valence-electron chi connectivity index (χ0n) is 13.8. The molecular formula is C18H22F3NS. The predicted octanol–water partition coefficient (Wildman–Crippen LogP) is 6.40. The summed E-state index contributed by atoms with van der Waals surface area (Å²) in [4.78, 5) is 2.13. The van der Waals surface area contributed by atoms with Gasteiger partial charge in [0.25, 0.3) is 0 Å². The molecule has 1 N–H and O–H groups in total. The third-order valence-electron chi connectivity index (χ3n) is 3.24. The van der Waals surface area contributed by atoms with Gasteiger partial charge in [0.15, 0.2) is 0 Å². The predicted molar refractivity (Wildman–Crippen MR) is 93.3 cm³/mol. The van der Waals surface area contributed by atoms with E-state index in [4.69, 9.17) is 0 Å². The van der Waals surface area contributed by atoms with Gasteiger partial charge < -0.3 is 5.32 Å². The number of alkyl halides is 3. The lowest BCUT2D eigenvalue weighted by atomic mass is 10.1. The van der Waals surface area contributed by atoms with Gasteiger partial charge in [-0.15, -0.1) is 11.3 Å².